The van der Waals surface area contributed by atoms with Crippen molar-refractivity contribution in [2.75, 3.05) is 0 Å². The van der Waals surface area contributed by atoms with E-state index in [0.29, 0.717) is 11.8 Å². The molecule has 0 unspecified atom stereocenters. The van der Waals surface area contributed by atoms with E-state index in [1.165, 1.54) is 50.5 Å². The van der Waals surface area contributed by atoms with Crippen LogP contribution in [0, 0.1) is 6.92 Å². The highest BCUT2D eigenvalue weighted by atomic mass is 16.3. The largest absolute Gasteiger partial charge is 0.508 e. The Kier molecular flexibility index (Phi) is 5.06. The SMILES string of the molecule is Cc1ccc(O)c(CNC2CCCCCCC2)c1. The Morgan fingerprint density at radius 1 is 1.11 bits per heavy atom. The van der Waals surface area contributed by atoms with Gasteiger partial charge < -0.3 is 10.4 Å². The molecule has 18 heavy (non-hydrogen) atoms. The number of nitrogens with one attached hydrogen (secondary N) is 1. The van der Waals surface area contributed by atoms with Crippen LogP contribution in [-0.4, -0.2) is 11.1 Å². The average molecular weight is 247 g/mol. The molecule has 0 atom stereocenters. The zero-order valence-corrected chi connectivity index (χ0v) is 11.4. The zero-order chi connectivity index (χ0) is 12.8. The maximum absolute atomic E-state index is 9.82. The molecule has 1 aromatic rings. The highest BCUT2D eigenvalue weighted by Gasteiger charge is 2.11. The molecule has 0 amide bonds. The van der Waals surface area contributed by atoms with E-state index in [9.17, 15) is 5.11 Å². The second-order valence-corrected chi connectivity index (χ2v) is 5.56. The normalized spacial score (nSPS) is 18.3. The lowest BCUT2D eigenvalue weighted by Crippen LogP contribution is -2.29. The van der Waals surface area contributed by atoms with Gasteiger partial charge in [-0.05, 0) is 25.8 Å². The van der Waals surface area contributed by atoms with Crippen LogP contribution in [0.4, 0.5) is 0 Å². The van der Waals surface area contributed by atoms with Gasteiger partial charge in [-0.3, -0.25) is 0 Å². The van der Waals surface area contributed by atoms with E-state index < -0.39 is 0 Å². The van der Waals surface area contributed by atoms with Gasteiger partial charge in [-0.25, -0.2) is 0 Å². The van der Waals surface area contributed by atoms with E-state index >= 15 is 0 Å². The number of benzene rings is 1. The van der Waals surface area contributed by atoms with Crippen LogP contribution in [0.3, 0.4) is 0 Å². The van der Waals surface area contributed by atoms with Gasteiger partial charge in [-0.1, -0.05) is 49.8 Å². The van der Waals surface area contributed by atoms with Crippen molar-refractivity contribution in [1.82, 2.24) is 5.32 Å². The van der Waals surface area contributed by atoms with Gasteiger partial charge in [0.15, 0.2) is 0 Å². The maximum Gasteiger partial charge on any atom is 0.120 e. The number of rotatable bonds is 3. The van der Waals surface area contributed by atoms with Crippen LogP contribution in [0.25, 0.3) is 0 Å². The summed E-state index contributed by atoms with van der Waals surface area (Å²) in [7, 11) is 0. The van der Waals surface area contributed by atoms with Gasteiger partial charge in [0.2, 0.25) is 0 Å². The fraction of sp³-hybridized carbons (Fsp3) is 0.625. The van der Waals surface area contributed by atoms with Crippen molar-refractivity contribution in [2.45, 2.75) is 64.5 Å². The predicted molar refractivity (Wildman–Crippen MR) is 75.8 cm³/mol. The molecular formula is C16H25NO. The van der Waals surface area contributed by atoms with E-state index in [4.69, 9.17) is 0 Å². The molecule has 0 aliphatic heterocycles. The van der Waals surface area contributed by atoms with Gasteiger partial charge in [-0.15, -0.1) is 0 Å². The van der Waals surface area contributed by atoms with Crippen molar-refractivity contribution in [3.05, 3.63) is 29.3 Å². The summed E-state index contributed by atoms with van der Waals surface area (Å²) in [6.07, 6.45) is 9.43. The summed E-state index contributed by atoms with van der Waals surface area (Å²) in [6.45, 7) is 2.86. The number of hydrogen-bond acceptors (Lipinski definition) is 2. The van der Waals surface area contributed by atoms with Crippen molar-refractivity contribution in [1.29, 1.82) is 0 Å². The van der Waals surface area contributed by atoms with Crippen molar-refractivity contribution in [3.63, 3.8) is 0 Å². The highest BCUT2D eigenvalue weighted by molar-refractivity contribution is 5.35. The van der Waals surface area contributed by atoms with Crippen LogP contribution in [0.15, 0.2) is 18.2 Å². The average Bonchev–Trinajstić information content (AvgIpc) is 2.32. The molecule has 0 spiro atoms. The summed E-state index contributed by atoms with van der Waals surface area (Å²) in [4.78, 5) is 0. The van der Waals surface area contributed by atoms with Crippen molar-refractivity contribution < 1.29 is 5.11 Å². The summed E-state index contributed by atoms with van der Waals surface area (Å²) in [5, 5.41) is 13.4. The monoisotopic (exact) mass is 247 g/mol. The van der Waals surface area contributed by atoms with E-state index in [-0.39, 0.29) is 0 Å². The standard InChI is InChI=1S/C16H25NO/c1-13-9-10-16(18)14(11-13)12-17-15-7-5-3-2-4-6-8-15/h9-11,15,17-18H,2-8,12H2,1H3. The topological polar surface area (TPSA) is 32.3 Å². The number of phenolic OH excluding ortho intramolecular Hbond substituents is 1. The lowest BCUT2D eigenvalue weighted by Gasteiger charge is -2.21. The molecule has 1 saturated carbocycles. The summed E-state index contributed by atoms with van der Waals surface area (Å²) >= 11 is 0. The fourth-order valence-electron chi connectivity index (χ4n) is 2.77. The Morgan fingerprint density at radius 3 is 2.50 bits per heavy atom. The third-order valence-electron chi connectivity index (χ3n) is 3.92. The summed E-state index contributed by atoms with van der Waals surface area (Å²) in [5.41, 5.74) is 2.24. The Labute approximate surface area is 110 Å². The minimum absolute atomic E-state index is 0.416. The molecule has 1 fully saturated rings. The molecule has 1 aromatic carbocycles. The molecule has 2 rings (SSSR count). The van der Waals surface area contributed by atoms with Gasteiger partial charge in [0, 0.05) is 18.2 Å². The van der Waals surface area contributed by atoms with Gasteiger partial charge in [0.05, 0.1) is 0 Å². The van der Waals surface area contributed by atoms with Gasteiger partial charge in [0.1, 0.15) is 5.75 Å². The smallest absolute Gasteiger partial charge is 0.120 e. The third-order valence-corrected chi connectivity index (χ3v) is 3.92. The molecule has 0 saturated heterocycles. The van der Waals surface area contributed by atoms with E-state index in [0.717, 1.165) is 12.1 Å². The van der Waals surface area contributed by atoms with Crippen LogP contribution in [0.5, 0.6) is 5.75 Å². The summed E-state index contributed by atoms with van der Waals surface area (Å²) in [5.74, 6) is 0.416. The maximum atomic E-state index is 9.82. The first kappa shape index (κ1) is 13.4. The van der Waals surface area contributed by atoms with Crippen molar-refractivity contribution in [2.24, 2.45) is 0 Å². The zero-order valence-electron chi connectivity index (χ0n) is 11.4. The molecule has 0 aromatic heterocycles. The number of hydrogen-bond donors (Lipinski definition) is 2. The minimum Gasteiger partial charge on any atom is -0.508 e. The Balaban J connectivity index is 1.87. The van der Waals surface area contributed by atoms with Crippen molar-refractivity contribution >= 4 is 0 Å². The summed E-state index contributed by atoms with van der Waals surface area (Å²) in [6, 6.07) is 6.45. The third kappa shape index (κ3) is 4.02. The lowest BCUT2D eigenvalue weighted by atomic mass is 9.96. The van der Waals surface area contributed by atoms with Crippen LogP contribution in [-0.2, 0) is 6.54 Å². The fourth-order valence-corrected chi connectivity index (χ4v) is 2.77. The van der Waals surface area contributed by atoms with E-state index in [1.807, 2.05) is 6.07 Å². The van der Waals surface area contributed by atoms with Crippen LogP contribution >= 0.6 is 0 Å². The molecule has 2 N–H and O–H groups in total. The summed E-state index contributed by atoms with van der Waals surface area (Å²) < 4.78 is 0. The molecule has 0 bridgehead atoms. The van der Waals surface area contributed by atoms with Gasteiger partial charge in [-0.2, -0.15) is 0 Å². The Hall–Kier alpha value is -1.02. The molecule has 0 radical (unpaired) electrons. The molecule has 1 aliphatic rings. The Bertz CT molecular complexity index is 367. The van der Waals surface area contributed by atoms with Gasteiger partial charge >= 0.3 is 0 Å². The van der Waals surface area contributed by atoms with Crippen LogP contribution < -0.4 is 5.32 Å². The van der Waals surface area contributed by atoms with E-state index in [2.05, 4.69) is 18.3 Å². The highest BCUT2D eigenvalue weighted by Crippen LogP contribution is 2.20. The quantitative estimate of drug-likeness (QED) is 0.849. The molecule has 1 aliphatic carbocycles. The molecular weight excluding hydrogens is 222 g/mol. The molecule has 2 nitrogen and oxygen atoms in total. The van der Waals surface area contributed by atoms with Crippen molar-refractivity contribution in [3.8, 4) is 5.75 Å². The molecule has 100 valence electrons. The Morgan fingerprint density at radius 2 is 1.78 bits per heavy atom. The van der Waals surface area contributed by atoms with Gasteiger partial charge in [0.25, 0.3) is 0 Å². The molecule has 0 heterocycles. The van der Waals surface area contributed by atoms with E-state index in [1.54, 1.807) is 6.07 Å². The minimum atomic E-state index is 0.416. The van der Waals surface area contributed by atoms with Crippen LogP contribution in [0.2, 0.25) is 0 Å². The first-order chi connectivity index (χ1) is 8.75. The van der Waals surface area contributed by atoms with Crippen LogP contribution in [0.1, 0.15) is 56.1 Å². The first-order valence-electron chi connectivity index (χ1n) is 7.27. The molecule has 2 heteroatoms. The number of aryl methyl sites for hydroxylation is 1. The second kappa shape index (κ2) is 6.79. The second-order valence-electron chi connectivity index (χ2n) is 5.56. The number of aromatic hydroxyl groups is 1. The predicted octanol–water partition coefficient (Wildman–Crippen LogP) is 3.90. The first-order valence-corrected chi connectivity index (χ1v) is 7.27. The lowest BCUT2D eigenvalue weighted by molar-refractivity contribution is 0.384. The number of phenols is 1.